The van der Waals surface area contributed by atoms with Crippen molar-refractivity contribution in [2.45, 2.75) is 354 Å². The highest BCUT2D eigenvalue weighted by Crippen LogP contribution is 2.45. The van der Waals surface area contributed by atoms with Crippen LogP contribution in [0, 0.1) is 0 Å². The summed E-state index contributed by atoms with van der Waals surface area (Å²) in [6.45, 7) is 4.60. The maximum atomic E-state index is 13.1. The van der Waals surface area contributed by atoms with Crippen molar-refractivity contribution in [2.75, 3.05) is 39.6 Å². The lowest BCUT2D eigenvalue weighted by Gasteiger charge is -2.21. The molecular weight excluding hydrogens is 1350 g/mol. The van der Waals surface area contributed by atoms with Gasteiger partial charge in [0, 0.05) is 25.7 Å². The van der Waals surface area contributed by atoms with Crippen LogP contribution in [-0.4, -0.2) is 96.7 Å². The summed E-state index contributed by atoms with van der Waals surface area (Å²) in [7, 11) is -9.98. The number of unbranched alkanes of at least 4 members (excludes halogenated alkanes) is 30. The number of ether oxygens (including phenoxy) is 4. The van der Waals surface area contributed by atoms with Crippen LogP contribution in [0.25, 0.3) is 0 Å². The average molecular weight is 1500 g/mol. The fourth-order valence-electron chi connectivity index (χ4n) is 10.7. The highest BCUT2D eigenvalue weighted by molar-refractivity contribution is 7.47. The molecular formula is C85H146O17P2. The molecule has 598 valence electrons. The number of allylic oxidation sites excluding steroid dienone is 20. The van der Waals surface area contributed by atoms with E-state index in [1.807, 2.05) is 0 Å². The molecule has 0 aromatic rings. The van der Waals surface area contributed by atoms with E-state index in [4.69, 9.17) is 37.0 Å². The topological polar surface area (TPSA) is 237 Å². The van der Waals surface area contributed by atoms with Crippen molar-refractivity contribution < 1.29 is 80.2 Å². The second-order valence-corrected chi connectivity index (χ2v) is 29.8. The fourth-order valence-corrected chi connectivity index (χ4v) is 12.3. The van der Waals surface area contributed by atoms with E-state index in [0.29, 0.717) is 25.7 Å². The number of phosphoric acid groups is 2. The lowest BCUT2D eigenvalue weighted by molar-refractivity contribution is -0.161. The van der Waals surface area contributed by atoms with E-state index in [9.17, 15) is 43.2 Å². The molecule has 3 N–H and O–H groups in total. The zero-order chi connectivity index (χ0) is 76.0. The van der Waals surface area contributed by atoms with E-state index < -0.39 is 97.5 Å². The molecule has 0 aliphatic carbocycles. The number of carbonyl (C=O) groups excluding carboxylic acids is 4. The molecule has 0 radical (unpaired) electrons. The summed E-state index contributed by atoms with van der Waals surface area (Å²) < 4.78 is 68.6. The first-order valence-electron chi connectivity index (χ1n) is 40.8. The van der Waals surface area contributed by atoms with Crippen molar-refractivity contribution in [2.24, 2.45) is 0 Å². The number of phosphoric ester groups is 2. The summed E-state index contributed by atoms with van der Waals surface area (Å²) in [5, 5.41) is 10.7. The minimum atomic E-state index is -4.99. The Morgan fingerprint density at radius 3 is 0.779 bits per heavy atom. The molecule has 0 saturated heterocycles. The van der Waals surface area contributed by atoms with Crippen LogP contribution in [0.15, 0.2) is 122 Å². The lowest BCUT2D eigenvalue weighted by atomic mass is 10.1. The summed E-state index contributed by atoms with van der Waals surface area (Å²) >= 11 is 0. The number of aliphatic hydroxyl groups excluding tert-OH is 1. The van der Waals surface area contributed by atoms with Gasteiger partial charge >= 0.3 is 39.5 Å². The van der Waals surface area contributed by atoms with Gasteiger partial charge in [-0.1, -0.05) is 278 Å². The minimum Gasteiger partial charge on any atom is -0.462 e. The summed E-state index contributed by atoms with van der Waals surface area (Å²) in [4.78, 5) is 73.1. The van der Waals surface area contributed by atoms with Gasteiger partial charge in [-0.3, -0.25) is 37.3 Å². The summed E-state index contributed by atoms with van der Waals surface area (Å²) in [6, 6.07) is 0. The van der Waals surface area contributed by atoms with Gasteiger partial charge in [0.05, 0.1) is 26.4 Å². The van der Waals surface area contributed by atoms with Crippen LogP contribution in [0.2, 0.25) is 0 Å². The highest BCUT2D eigenvalue weighted by atomic mass is 31.2. The number of hydrogen-bond donors (Lipinski definition) is 3. The van der Waals surface area contributed by atoms with Crippen molar-refractivity contribution in [1.29, 1.82) is 0 Å². The fraction of sp³-hybridized carbons (Fsp3) is 0.718. The Morgan fingerprint density at radius 2 is 0.500 bits per heavy atom. The van der Waals surface area contributed by atoms with Crippen LogP contribution in [0.3, 0.4) is 0 Å². The molecule has 0 saturated carbocycles. The molecule has 0 bridgehead atoms. The Kier molecular flexibility index (Phi) is 73.3. The first-order valence-corrected chi connectivity index (χ1v) is 43.8. The van der Waals surface area contributed by atoms with Gasteiger partial charge in [0.2, 0.25) is 0 Å². The summed E-state index contributed by atoms with van der Waals surface area (Å²) in [6.07, 6.45) is 84.5. The second-order valence-electron chi connectivity index (χ2n) is 26.9. The molecule has 0 heterocycles. The molecule has 0 aromatic heterocycles. The van der Waals surface area contributed by atoms with E-state index in [0.717, 1.165) is 180 Å². The van der Waals surface area contributed by atoms with E-state index in [-0.39, 0.29) is 25.7 Å². The van der Waals surface area contributed by atoms with Crippen LogP contribution < -0.4 is 0 Å². The Balaban J connectivity index is 5.42. The SMILES string of the molecule is CC/C=C\C/C=C\C/C=C\C/C=C\CCCCCCC(=O)OC[C@H](COP(=O)(O)OCC(O)COP(=O)(O)OC[C@@H](COC(=O)CCCCCCC/C=C\CCCCCCCC)OC(=O)CCCCCCC/C=C\CCCCCCCC)OC(=O)CCCCCC/C=C\C/C=C\C/C=C\C/C=C\CC. The maximum Gasteiger partial charge on any atom is 0.472 e. The monoisotopic (exact) mass is 1500 g/mol. The van der Waals surface area contributed by atoms with Crippen molar-refractivity contribution >= 4 is 39.5 Å². The van der Waals surface area contributed by atoms with Crippen LogP contribution in [0.5, 0.6) is 0 Å². The van der Waals surface area contributed by atoms with Crippen LogP contribution in [-0.2, 0) is 65.4 Å². The zero-order valence-electron chi connectivity index (χ0n) is 65.4. The van der Waals surface area contributed by atoms with Crippen molar-refractivity contribution in [1.82, 2.24) is 0 Å². The second kappa shape index (κ2) is 76.6. The maximum absolute atomic E-state index is 13.1. The average Bonchev–Trinajstić information content (AvgIpc) is 0.926. The van der Waals surface area contributed by atoms with Crippen LogP contribution in [0.4, 0.5) is 0 Å². The highest BCUT2D eigenvalue weighted by Gasteiger charge is 2.30. The molecule has 104 heavy (non-hydrogen) atoms. The van der Waals surface area contributed by atoms with Gasteiger partial charge in [0.15, 0.2) is 12.2 Å². The van der Waals surface area contributed by atoms with Crippen molar-refractivity contribution in [3.05, 3.63) is 122 Å². The third kappa shape index (κ3) is 75.7. The number of carbonyl (C=O) groups is 4. The number of rotatable bonds is 76. The largest absolute Gasteiger partial charge is 0.472 e. The number of esters is 4. The van der Waals surface area contributed by atoms with Gasteiger partial charge in [0.25, 0.3) is 0 Å². The molecule has 0 fully saturated rings. The van der Waals surface area contributed by atoms with Gasteiger partial charge in [-0.2, -0.15) is 0 Å². The predicted molar refractivity (Wildman–Crippen MR) is 427 cm³/mol. The third-order valence-corrected chi connectivity index (χ3v) is 18.8. The molecule has 0 aliphatic heterocycles. The van der Waals surface area contributed by atoms with Gasteiger partial charge < -0.3 is 33.8 Å². The lowest BCUT2D eigenvalue weighted by Crippen LogP contribution is -2.30. The van der Waals surface area contributed by atoms with E-state index >= 15 is 0 Å². The molecule has 0 aromatic carbocycles. The van der Waals surface area contributed by atoms with Crippen LogP contribution >= 0.6 is 15.6 Å². The third-order valence-electron chi connectivity index (χ3n) is 16.9. The first kappa shape index (κ1) is 99.5. The van der Waals surface area contributed by atoms with Gasteiger partial charge in [0.1, 0.15) is 19.3 Å². The van der Waals surface area contributed by atoms with Crippen molar-refractivity contribution in [3.8, 4) is 0 Å². The van der Waals surface area contributed by atoms with Crippen LogP contribution in [0.1, 0.15) is 336 Å². The Hall–Kier alpha value is -4.54. The first-order chi connectivity index (χ1) is 50.7. The molecule has 3 unspecified atom stereocenters. The Morgan fingerprint density at radius 1 is 0.279 bits per heavy atom. The molecule has 0 rings (SSSR count). The van der Waals surface area contributed by atoms with Gasteiger partial charge in [-0.25, -0.2) is 9.13 Å². The number of aliphatic hydroxyl groups is 1. The smallest absolute Gasteiger partial charge is 0.462 e. The summed E-state index contributed by atoms with van der Waals surface area (Å²) in [5.74, 6) is -2.24. The predicted octanol–water partition coefficient (Wildman–Crippen LogP) is 23.9. The molecule has 5 atom stereocenters. The molecule has 19 heteroatoms. The Bertz CT molecular complexity index is 2440. The van der Waals surface area contributed by atoms with Gasteiger partial charge in [-0.05, 0) is 154 Å². The summed E-state index contributed by atoms with van der Waals surface area (Å²) in [5.41, 5.74) is 0. The standard InChI is InChI=1S/C85H146O17P2/c1-5-9-13-17-21-25-29-33-37-39-43-46-50-54-58-62-66-70-83(88)96-76-81(102-85(90)72-68-64-60-56-52-48-44-40-38-34-30-26-22-18-14-10-6-2)78-100-104(93,94)98-74-79(86)73-97-103(91,92)99-77-80(101-84(89)71-67-63-59-55-51-47-42-36-32-28-24-20-16-12-8-4)75-95-82(87)69-65-61-57-53-49-45-41-35-31-27-23-19-15-11-7-3/h9-10,13-14,21-22,25-26,33-38,41-44,46,48,79-81,86H,5-8,11-12,15-20,23-24,27-32,39-40,45,47,49-78H2,1-4H3,(H,91,92)(H,93,94)/b13-9-,14-10-,25-21-,26-22-,37-33-,38-34-,41-35-,42-36-,46-43-,48-44-/t79?,80-,81-/m1/s1. The van der Waals surface area contributed by atoms with E-state index in [2.05, 4.69) is 149 Å². The Labute approximate surface area is 632 Å². The molecule has 0 spiro atoms. The number of hydrogen-bond acceptors (Lipinski definition) is 15. The quantitative estimate of drug-likeness (QED) is 0.0169. The zero-order valence-corrected chi connectivity index (χ0v) is 67.2. The minimum absolute atomic E-state index is 0.0585. The molecule has 0 aliphatic rings. The van der Waals surface area contributed by atoms with Crippen molar-refractivity contribution in [3.63, 3.8) is 0 Å². The molecule has 0 amide bonds. The van der Waals surface area contributed by atoms with Gasteiger partial charge in [-0.15, -0.1) is 0 Å². The normalized spacial score (nSPS) is 14.5. The van der Waals surface area contributed by atoms with E-state index in [1.165, 1.54) is 77.0 Å². The molecule has 17 nitrogen and oxygen atoms in total. The van der Waals surface area contributed by atoms with E-state index in [1.54, 1.807) is 0 Å².